The summed E-state index contributed by atoms with van der Waals surface area (Å²) < 4.78 is 39.9. The van der Waals surface area contributed by atoms with Gasteiger partial charge in [0.25, 0.3) is 5.91 Å². The van der Waals surface area contributed by atoms with E-state index in [1.54, 1.807) is 12.1 Å². The number of alkyl halides is 3. The van der Waals surface area contributed by atoms with Gasteiger partial charge >= 0.3 is 6.18 Å². The molecule has 5 nitrogen and oxygen atoms in total. The SMILES string of the molecule is CCC(C(=C(C(N)=O)C1=CC(Cl)=CC(C)CC=C1C)c1ccc(C(=O)NC(C)(C)C(F)(F)F)cn1)C1CCC1. The monoisotopic (exact) mass is 563 g/mol. The van der Waals surface area contributed by atoms with Crippen molar-refractivity contribution in [3.8, 4) is 0 Å². The van der Waals surface area contributed by atoms with Gasteiger partial charge in [-0.05, 0) is 99.1 Å². The van der Waals surface area contributed by atoms with Crippen LogP contribution >= 0.6 is 11.6 Å². The first-order valence-electron chi connectivity index (χ1n) is 13.3. The predicted molar refractivity (Wildman–Crippen MR) is 149 cm³/mol. The van der Waals surface area contributed by atoms with Gasteiger partial charge in [0.05, 0.1) is 16.8 Å². The van der Waals surface area contributed by atoms with Crippen molar-refractivity contribution in [3.63, 3.8) is 0 Å². The minimum atomic E-state index is -4.62. The number of nitrogens with zero attached hydrogens (tertiary/aromatic N) is 1. The van der Waals surface area contributed by atoms with Crippen LogP contribution < -0.4 is 11.1 Å². The Morgan fingerprint density at radius 3 is 2.38 bits per heavy atom. The van der Waals surface area contributed by atoms with Crippen LogP contribution in [0.2, 0.25) is 0 Å². The topological polar surface area (TPSA) is 85.1 Å². The first-order valence-corrected chi connectivity index (χ1v) is 13.7. The Kier molecular flexibility index (Phi) is 9.52. The Bertz CT molecular complexity index is 1220. The minimum Gasteiger partial charge on any atom is -0.366 e. The lowest BCUT2D eigenvalue weighted by Crippen LogP contribution is -2.54. The van der Waals surface area contributed by atoms with Gasteiger partial charge in [0.1, 0.15) is 5.54 Å². The molecular weight excluding hydrogens is 527 g/mol. The molecule has 0 aromatic carbocycles. The molecule has 1 heterocycles. The van der Waals surface area contributed by atoms with Gasteiger partial charge in [0.15, 0.2) is 0 Å². The molecule has 9 heteroatoms. The molecule has 3 rings (SSSR count). The van der Waals surface area contributed by atoms with Crippen LogP contribution in [0.25, 0.3) is 5.57 Å². The summed E-state index contributed by atoms with van der Waals surface area (Å²) >= 11 is 6.55. The molecule has 212 valence electrons. The zero-order valence-corrected chi connectivity index (χ0v) is 23.8. The largest absolute Gasteiger partial charge is 0.410 e. The average molecular weight is 564 g/mol. The van der Waals surface area contributed by atoms with Crippen molar-refractivity contribution in [1.82, 2.24) is 10.3 Å². The number of primary amides is 1. The highest BCUT2D eigenvalue weighted by atomic mass is 35.5. The summed E-state index contributed by atoms with van der Waals surface area (Å²) in [5.74, 6) is -0.975. The molecular formula is C30H37ClF3N3O2. The summed E-state index contributed by atoms with van der Waals surface area (Å²) in [4.78, 5) is 30.3. The van der Waals surface area contributed by atoms with E-state index in [4.69, 9.17) is 17.3 Å². The quantitative estimate of drug-likeness (QED) is 0.327. The fraction of sp³-hybridized carbons (Fsp3) is 0.500. The van der Waals surface area contributed by atoms with E-state index >= 15 is 0 Å². The Balaban J connectivity index is 2.17. The highest BCUT2D eigenvalue weighted by Gasteiger charge is 2.48. The molecule has 1 fully saturated rings. The molecule has 0 radical (unpaired) electrons. The Morgan fingerprint density at radius 2 is 1.90 bits per heavy atom. The predicted octanol–water partition coefficient (Wildman–Crippen LogP) is 7.25. The van der Waals surface area contributed by atoms with Gasteiger partial charge in [-0.3, -0.25) is 14.6 Å². The second-order valence-corrected chi connectivity index (χ2v) is 11.5. The van der Waals surface area contributed by atoms with Crippen molar-refractivity contribution in [3.05, 3.63) is 69.6 Å². The van der Waals surface area contributed by atoms with Gasteiger partial charge in [-0.1, -0.05) is 44.0 Å². The smallest absolute Gasteiger partial charge is 0.366 e. The molecule has 0 saturated heterocycles. The standard InChI is InChI=1S/C30H37ClF3N3O2/c1-6-22(19-8-7-9-19)25(26(27(35)38)23-15-21(31)14-17(2)10-11-18(23)3)24-13-12-20(16-36-24)28(39)37-29(4,5)30(32,33)34/h11-17,19,22H,6-10H2,1-5H3,(H2,35,38)(H,37,39). The van der Waals surface area contributed by atoms with E-state index in [0.29, 0.717) is 33.4 Å². The van der Waals surface area contributed by atoms with Crippen molar-refractivity contribution in [2.24, 2.45) is 23.5 Å². The molecule has 1 aromatic heterocycles. The van der Waals surface area contributed by atoms with E-state index in [1.165, 1.54) is 12.3 Å². The number of rotatable bonds is 8. The molecule has 0 bridgehead atoms. The number of pyridine rings is 1. The van der Waals surface area contributed by atoms with Crippen molar-refractivity contribution in [2.75, 3.05) is 0 Å². The van der Waals surface area contributed by atoms with E-state index in [9.17, 15) is 22.8 Å². The van der Waals surface area contributed by atoms with Crippen molar-refractivity contribution in [2.45, 2.75) is 78.4 Å². The molecule has 39 heavy (non-hydrogen) atoms. The second kappa shape index (κ2) is 12.1. The first kappa shape index (κ1) is 30.7. The zero-order valence-electron chi connectivity index (χ0n) is 23.1. The fourth-order valence-corrected chi connectivity index (χ4v) is 5.35. The van der Waals surface area contributed by atoms with Gasteiger partial charge in [-0.25, -0.2) is 0 Å². The Hall–Kier alpha value is -2.87. The molecule has 2 aliphatic carbocycles. The van der Waals surface area contributed by atoms with Crippen LogP contribution in [-0.2, 0) is 4.79 Å². The summed E-state index contributed by atoms with van der Waals surface area (Å²) in [6.45, 7) is 7.82. The third kappa shape index (κ3) is 7.02. The van der Waals surface area contributed by atoms with Crippen LogP contribution in [0.5, 0.6) is 0 Å². The summed E-state index contributed by atoms with van der Waals surface area (Å²) in [5, 5.41) is 2.53. The molecule has 2 amide bonds. The number of nitrogens with one attached hydrogen (secondary N) is 1. The maximum absolute atomic E-state index is 13.3. The molecule has 1 aromatic rings. The fourth-order valence-electron chi connectivity index (χ4n) is 5.03. The van der Waals surface area contributed by atoms with E-state index < -0.39 is 23.5 Å². The number of hydrogen-bond donors (Lipinski definition) is 2. The van der Waals surface area contributed by atoms with Crippen LogP contribution in [0, 0.1) is 17.8 Å². The molecule has 1 saturated carbocycles. The van der Waals surface area contributed by atoms with Crippen LogP contribution in [0.4, 0.5) is 13.2 Å². The first-order chi connectivity index (χ1) is 18.2. The van der Waals surface area contributed by atoms with Crippen LogP contribution in [0.15, 0.2) is 58.3 Å². The maximum atomic E-state index is 13.3. The highest BCUT2D eigenvalue weighted by Crippen LogP contribution is 2.45. The van der Waals surface area contributed by atoms with E-state index in [1.807, 2.05) is 25.2 Å². The van der Waals surface area contributed by atoms with E-state index in [-0.39, 0.29) is 17.4 Å². The summed E-state index contributed by atoms with van der Waals surface area (Å²) in [5.41, 5.74) is 6.56. The molecule has 2 unspecified atom stereocenters. The molecule has 3 N–H and O–H groups in total. The van der Waals surface area contributed by atoms with Crippen molar-refractivity contribution < 1.29 is 22.8 Å². The summed E-state index contributed by atoms with van der Waals surface area (Å²) in [6, 6.07) is 3.01. The van der Waals surface area contributed by atoms with Crippen molar-refractivity contribution >= 4 is 29.0 Å². The second-order valence-electron chi connectivity index (χ2n) is 11.1. The zero-order chi connectivity index (χ0) is 29.1. The van der Waals surface area contributed by atoms with Crippen LogP contribution in [-0.4, -0.2) is 28.5 Å². The van der Waals surface area contributed by atoms with Gasteiger partial charge in [0, 0.05) is 11.2 Å². The Labute approximate surface area is 233 Å². The third-order valence-electron chi connectivity index (χ3n) is 7.70. The highest BCUT2D eigenvalue weighted by molar-refractivity contribution is 6.31. The normalized spacial score (nSPS) is 20.3. The number of allylic oxidation sites excluding steroid dienone is 6. The van der Waals surface area contributed by atoms with Crippen LogP contribution in [0.3, 0.4) is 0 Å². The number of hydrogen-bond acceptors (Lipinski definition) is 3. The lowest BCUT2D eigenvalue weighted by Gasteiger charge is -2.36. The average Bonchev–Trinajstić information content (AvgIpc) is 2.80. The molecule has 0 aliphatic heterocycles. The van der Waals surface area contributed by atoms with Gasteiger partial charge in [-0.2, -0.15) is 13.2 Å². The van der Waals surface area contributed by atoms with E-state index in [0.717, 1.165) is 51.5 Å². The number of halogens is 4. The molecule has 0 spiro atoms. The molecule has 2 aliphatic rings. The third-order valence-corrected chi connectivity index (χ3v) is 7.93. The van der Waals surface area contributed by atoms with Crippen LogP contribution in [0.1, 0.15) is 82.8 Å². The lowest BCUT2D eigenvalue weighted by molar-refractivity contribution is -0.182. The Morgan fingerprint density at radius 1 is 1.23 bits per heavy atom. The van der Waals surface area contributed by atoms with Gasteiger partial charge in [-0.15, -0.1) is 0 Å². The number of amides is 2. The van der Waals surface area contributed by atoms with E-state index in [2.05, 4.69) is 18.0 Å². The summed E-state index contributed by atoms with van der Waals surface area (Å²) in [6.07, 6.45) is 6.96. The summed E-state index contributed by atoms with van der Waals surface area (Å²) in [7, 11) is 0. The van der Waals surface area contributed by atoms with Crippen molar-refractivity contribution in [1.29, 1.82) is 0 Å². The number of aromatic nitrogens is 1. The maximum Gasteiger partial charge on any atom is 0.410 e. The van der Waals surface area contributed by atoms with Gasteiger partial charge < -0.3 is 11.1 Å². The minimum absolute atomic E-state index is 0.0195. The lowest BCUT2D eigenvalue weighted by atomic mass is 9.69. The van der Waals surface area contributed by atoms with Gasteiger partial charge in [0.2, 0.25) is 5.91 Å². The number of carbonyl (C=O) groups excluding carboxylic acids is 2. The number of nitrogens with two attached hydrogens (primary N) is 1. The number of carbonyl (C=O) groups is 2. The molecule has 2 atom stereocenters.